The Kier molecular flexibility index (Phi) is 5.83. The molecule has 2 N–H and O–H groups in total. The molecule has 2 atom stereocenters. The summed E-state index contributed by atoms with van der Waals surface area (Å²) in [6.45, 7) is 5.81. The van der Waals surface area contributed by atoms with Crippen molar-refractivity contribution in [2.45, 2.75) is 25.9 Å². The van der Waals surface area contributed by atoms with Gasteiger partial charge in [-0.1, -0.05) is 12.1 Å². The van der Waals surface area contributed by atoms with Gasteiger partial charge in [0.1, 0.15) is 23.6 Å². The third-order valence-electron chi connectivity index (χ3n) is 6.29. The number of aromatic amines is 1. The van der Waals surface area contributed by atoms with Crippen LogP contribution in [0.5, 0.6) is 0 Å². The standard InChI is InChI=1S/C25H26FN7O/c1-16-14-32(11-12-33(16)25(34)30-17(2)18-3-5-20(26)6-4-18)24-21-13-22(19-7-9-27-10-8-19)31-23(21)28-15-29-24/h3-10,13,15-17H,11-12,14H2,1-2H3,(H,30,34)(H,28,29,31)/t16-,17?/m1/s1. The van der Waals surface area contributed by atoms with Crippen molar-refractivity contribution in [3.05, 3.63) is 72.6 Å². The van der Waals surface area contributed by atoms with Gasteiger partial charge in [0.05, 0.1) is 11.4 Å². The fraction of sp³-hybridized carbons (Fsp3) is 0.280. The number of H-pyrrole nitrogens is 1. The largest absolute Gasteiger partial charge is 0.352 e. The number of benzene rings is 1. The summed E-state index contributed by atoms with van der Waals surface area (Å²) in [5.74, 6) is 0.564. The quantitative estimate of drug-likeness (QED) is 0.479. The Morgan fingerprint density at radius 1 is 1.15 bits per heavy atom. The van der Waals surface area contributed by atoms with E-state index < -0.39 is 0 Å². The molecule has 0 bridgehead atoms. The number of anilines is 1. The lowest BCUT2D eigenvalue weighted by Gasteiger charge is -2.40. The van der Waals surface area contributed by atoms with E-state index in [1.165, 1.54) is 12.1 Å². The van der Waals surface area contributed by atoms with E-state index in [-0.39, 0.29) is 23.9 Å². The molecule has 1 unspecified atom stereocenters. The van der Waals surface area contributed by atoms with Crippen molar-refractivity contribution < 1.29 is 9.18 Å². The Labute approximate surface area is 196 Å². The lowest BCUT2D eigenvalue weighted by molar-refractivity contribution is 0.168. The smallest absolute Gasteiger partial charge is 0.318 e. The fourth-order valence-corrected chi connectivity index (χ4v) is 4.42. The Morgan fingerprint density at radius 2 is 1.91 bits per heavy atom. The highest BCUT2D eigenvalue weighted by atomic mass is 19.1. The highest BCUT2D eigenvalue weighted by Crippen LogP contribution is 2.29. The Bertz CT molecular complexity index is 1290. The number of amides is 2. The van der Waals surface area contributed by atoms with Gasteiger partial charge in [0.2, 0.25) is 0 Å². The molecular weight excluding hydrogens is 433 g/mol. The highest BCUT2D eigenvalue weighted by molar-refractivity contribution is 5.92. The highest BCUT2D eigenvalue weighted by Gasteiger charge is 2.30. The van der Waals surface area contributed by atoms with E-state index in [1.54, 1.807) is 30.9 Å². The van der Waals surface area contributed by atoms with Crippen molar-refractivity contribution in [1.29, 1.82) is 0 Å². The van der Waals surface area contributed by atoms with Crippen LogP contribution in [0.4, 0.5) is 15.0 Å². The summed E-state index contributed by atoms with van der Waals surface area (Å²) in [5, 5.41) is 3.98. The summed E-state index contributed by atoms with van der Waals surface area (Å²) in [6, 6.07) is 11.8. The molecule has 1 aliphatic heterocycles. The molecule has 3 aromatic heterocycles. The van der Waals surface area contributed by atoms with Crippen molar-refractivity contribution in [1.82, 2.24) is 30.2 Å². The first-order valence-corrected chi connectivity index (χ1v) is 11.3. The second-order valence-electron chi connectivity index (χ2n) is 8.59. The molecule has 1 aromatic carbocycles. The molecule has 5 rings (SSSR count). The maximum absolute atomic E-state index is 13.2. The lowest BCUT2D eigenvalue weighted by Crippen LogP contribution is -2.57. The molecule has 1 aliphatic rings. The number of carbonyl (C=O) groups excluding carboxylic acids is 1. The number of pyridine rings is 1. The molecule has 0 radical (unpaired) electrons. The molecule has 4 heterocycles. The summed E-state index contributed by atoms with van der Waals surface area (Å²) in [4.78, 5) is 33.4. The molecule has 1 saturated heterocycles. The zero-order valence-corrected chi connectivity index (χ0v) is 19.1. The molecule has 34 heavy (non-hydrogen) atoms. The summed E-state index contributed by atoms with van der Waals surface area (Å²) < 4.78 is 13.2. The number of rotatable bonds is 4. The second kappa shape index (κ2) is 9.09. The van der Waals surface area contributed by atoms with E-state index in [0.717, 1.165) is 33.7 Å². The lowest BCUT2D eigenvalue weighted by atomic mass is 10.1. The monoisotopic (exact) mass is 459 g/mol. The van der Waals surface area contributed by atoms with Crippen LogP contribution >= 0.6 is 0 Å². The van der Waals surface area contributed by atoms with E-state index in [1.807, 2.05) is 30.9 Å². The van der Waals surface area contributed by atoms with Crippen molar-refractivity contribution in [3.63, 3.8) is 0 Å². The molecule has 8 nitrogen and oxygen atoms in total. The topological polar surface area (TPSA) is 90.0 Å². The number of aromatic nitrogens is 4. The van der Waals surface area contributed by atoms with E-state index in [0.29, 0.717) is 19.6 Å². The fourth-order valence-electron chi connectivity index (χ4n) is 4.42. The minimum absolute atomic E-state index is 0.0159. The van der Waals surface area contributed by atoms with Gasteiger partial charge in [0, 0.05) is 49.3 Å². The summed E-state index contributed by atoms with van der Waals surface area (Å²) >= 11 is 0. The van der Waals surface area contributed by atoms with Crippen molar-refractivity contribution in [2.24, 2.45) is 0 Å². The second-order valence-corrected chi connectivity index (χ2v) is 8.59. The van der Waals surface area contributed by atoms with Crippen LogP contribution in [-0.2, 0) is 0 Å². The average Bonchev–Trinajstić information content (AvgIpc) is 3.29. The van der Waals surface area contributed by atoms with Gasteiger partial charge >= 0.3 is 6.03 Å². The van der Waals surface area contributed by atoms with Gasteiger partial charge in [-0.2, -0.15) is 0 Å². The summed E-state index contributed by atoms with van der Waals surface area (Å²) in [7, 11) is 0. The van der Waals surface area contributed by atoms with Crippen LogP contribution in [0.1, 0.15) is 25.5 Å². The predicted molar refractivity (Wildman–Crippen MR) is 129 cm³/mol. The third kappa shape index (κ3) is 4.28. The number of fused-ring (bicyclic) bond motifs is 1. The summed E-state index contributed by atoms with van der Waals surface area (Å²) in [6.07, 6.45) is 5.09. The van der Waals surface area contributed by atoms with Crippen LogP contribution in [0.3, 0.4) is 0 Å². The zero-order valence-electron chi connectivity index (χ0n) is 19.1. The van der Waals surface area contributed by atoms with E-state index in [4.69, 9.17) is 0 Å². The predicted octanol–water partition coefficient (Wildman–Crippen LogP) is 4.14. The van der Waals surface area contributed by atoms with Gasteiger partial charge in [-0.25, -0.2) is 19.2 Å². The molecule has 174 valence electrons. The first kappa shape index (κ1) is 21.8. The number of carbonyl (C=O) groups is 1. The van der Waals surface area contributed by atoms with Crippen LogP contribution in [0.25, 0.3) is 22.3 Å². The molecule has 9 heteroatoms. The normalized spacial score (nSPS) is 17.1. The van der Waals surface area contributed by atoms with Crippen molar-refractivity contribution in [2.75, 3.05) is 24.5 Å². The number of urea groups is 1. The molecule has 4 aromatic rings. The number of nitrogens with one attached hydrogen (secondary N) is 2. The Balaban J connectivity index is 1.29. The third-order valence-corrected chi connectivity index (χ3v) is 6.29. The van der Waals surface area contributed by atoms with E-state index in [2.05, 4.69) is 36.2 Å². The average molecular weight is 460 g/mol. The SMILES string of the molecule is CC(NC(=O)N1CCN(c2ncnc3[nH]c(-c4ccncc4)cc23)C[C@H]1C)c1ccc(F)cc1. The van der Waals surface area contributed by atoms with Gasteiger partial charge in [0.25, 0.3) is 0 Å². The van der Waals surface area contributed by atoms with E-state index >= 15 is 0 Å². The van der Waals surface area contributed by atoms with Crippen molar-refractivity contribution >= 4 is 22.9 Å². The van der Waals surface area contributed by atoms with Gasteiger partial charge < -0.3 is 20.1 Å². The molecule has 1 fully saturated rings. The molecule has 2 amide bonds. The Hall–Kier alpha value is -4.01. The maximum Gasteiger partial charge on any atom is 0.318 e. The number of halogens is 1. The van der Waals surface area contributed by atoms with Crippen LogP contribution in [0.2, 0.25) is 0 Å². The van der Waals surface area contributed by atoms with Gasteiger partial charge in [-0.3, -0.25) is 4.98 Å². The first-order chi connectivity index (χ1) is 16.5. The van der Waals surface area contributed by atoms with Gasteiger partial charge in [-0.05, 0) is 49.7 Å². The van der Waals surface area contributed by atoms with Crippen LogP contribution in [0.15, 0.2) is 61.2 Å². The number of hydrogen-bond acceptors (Lipinski definition) is 5. The maximum atomic E-state index is 13.2. The van der Waals surface area contributed by atoms with Gasteiger partial charge in [0.15, 0.2) is 0 Å². The van der Waals surface area contributed by atoms with E-state index in [9.17, 15) is 9.18 Å². The van der Waals surface area contributed by atoms with Crippen LogP contribution < -0.4 is 10.2 Å². The molecule has 0 saturated carbocycles. The minimum atomic E-state index is -0.291. The first-order valence-electron chi connectivity index (χ1n) is 11.3. The van der Waals surface area contributed by atoms with Crippen LogP contribution in [-0.4, -0.2) is 56.5 Å². The number of piperazine rings is 1. The molecular formula is C25H26FN7O. The molecule has 0 aliphatic carbocycles. The van der Waals surface area contributed by atoms with Gasteiger partial charge in [-0.15, -0.1) is 0 Å². The zero-order chi connectivity index (χ0) is 23.7. The Morgan fingerprint density at radius 3 is 2.65 bits per heavy atom. The minimum Gasteiger partial charge on any atom is -0.352 e. The number of hydrogen-bond donors (Lipinski definition) is 2. The number of nitrogens with zero attached hydrogens (tertiary/aromatic N) is 5. The van der Waals surface area contributed by atoms with Crippen molar-refractivity contribution in [3.8, 4) is 11.3 Å². The molecule has 0 spiro atoms. The summed E-state index contributed by atoms with van der Waals surface area (Å²) in [5.41, 5.74) is 3.63. The van der Waals surface area contributed by atoms with Crippen LogP contribution in [0, 0.1) is 5.82 Å².